The minimum Gasteiger partial charge on any atom is -0.466 e. The molecule has 2 aliphatic rings. The maximum atomic E-state index is 13.2. The molecule has 0 saturated carbocycles. The van der Waals surface area contributed by atoms with Crippen molar-refractivity contribution in [2.45, 2.75) is 31.6 Å². The van der Waals surface area contributed by atoms with E-state index in [1.54, 1.807) is 55.5 Å². The van der Waals surface area contributed by atoms with Crippen LogP contribution in [0.25, 0.3) is 12.2 Å². The summed E-state index contributed by atoms with van der Waals surface area (Å²) in [6, 6.07) is 21.9. The van der Waals surface area contributed by atoms with Crippen LogP contribution in [0, 0.1) is 6.92 Å². The summed E-state index contributed by atoms with van der Waals surface area (Å²) in [6.45, 7) is 4.88. The van der Waals surface area contributed by atoms with E-state index in [2.05, 4.69) is 5.32 Å². The summed E-state index contributed by atoms with van der Waals surface area (Å²) in [4.78, 5) is 23.8. The number of hydrogen-bond donors (Lipinski definition) is 1. The Morgan fingerprint density at radius 2 is 1.49 bits per heavy atom. The molecule has 0 aromatic heterocycles. The van der Waals surface area contributed by atoms with Crippen molar-refractivity contribution >= 4 is 45.5 Å². The number of ether oxygens (including phenoxy) is 2. The van der Waals surface area contributed by atoms with E-state index < -0.39 is 16.0 Å². The minimum atomic E-state index is -3.73. The molecule has 0 spiro atoms. The van der Waals surface area contributed by atoms with Crippen LogP contribution < -0.4 is 9.62 Å². The number of hydrogen-bond acceptors (Lipinski definition) is 7. The average Bonchev–Trinajstić information content (AvgIpc) is 3.32. The fourth-order valence-corrected chi connectivity index (χ4v) is 6.07. The van der Waals surface area contributed by atoms with Gasteiger partial charge in [0.05, 0.1) is 24.3 Å². The molecule has 0 amide bonds. The Kier molecular flexibility index (Phi) is 9.62. The number of benzene rings is 3. The Labute approximate surface area is 241 Å². The van der Waals surface area contributed by atoms with Gasteiger partial charge in [-0.1, -0.05) is 54.1 Å². The van der Waals surface area contributed by atoms with Gasteiger partial charge < -0.3 is 14.8 Å². The molecule has 0 saturated heterocycles. The maximum Gasteiger partial charge on any atom is 0.334 e. The molecule has 0 atom stereocenters. The maximum absolute atomic E-state index is 13.2. The van der Waals surface area contributed by atoms with Gasteiger partial charge in [-0.2, -0.15) is 0 Å². The van der Waals surface area contributed by atoms with E-state index in [4.69, 9.17) is 9.47 Å². The van der Waals surface area contributed by atoms with Crippen molar-refractivity contribution in [1.29, 1.82) is 0 Å². The van der Waals surface area contributed by atoms with Crippen LogP contribution in [0.15, 0.2) is 88.8 Å². The topological polar surface area (TPSA) is 102 Å². The summed E-state index contributed by atoms with van der Waals surface area (Å²) in [7, 11) is -2.32. The van der Waals surface area contributed by atoms with Gasteiger partial charge in [-0.25, -0.2) is 18.0 Å². The number of carbonyl (C=O) groups excluding carboxylic acids is 2. The van der Waals surface area contributed by atoms with Crippen LogP contribution in [0.4, 0.5) is 11.4 Å². The third-order valence-corrected chi connectivity index (χ3v) is 8.54. The average molecular weight is 575 g/mol. The number of esters is 2. The minimum absolute atomic E-state index is 0.178. The molecule has 0 unspecified atom stereocenters. The number of nitrogens with zero attached hydrogens (tertiary/aromatic N) is 1. The highest BCUT2D eigenvalue weighted by molar-refractivity contribution is 7.92. The van der Waals surface area contributed by atoms with Crippen molar-refractivity contribution in [3.8, 4) is 0 Å². The van der Waals surface area contributed by atoms with Gasteiger partial charge in [0.15, 0.2) is 0 Å². The lowest BCUT2D eigenvalue weighted by molar-refractivity contribution is -0.138. The second kappa shape index (κ2) is 13.3. The molecule has 2 aliphatic heterocycles. The quantitative estimate of drug-likeness (QED) is 0.396. The van der Waals surface area contributed by atoms with Gasteiger partial charge >= 0.3 is 11.9 Å². The zero-order chi connectivity index (χ0) is 29.4. The fourth-order valence-electron chi connectivity index (χ4n) is 4.58. The number of fused-ring (bicyclic) bond motifs is 2. The van der Waals surface area contributed by atoms with Crippen molar-refractivity contribution < 1.29 is 27.5 Å². The van der Waals surface area contributed by atoms with Crippen molar-refractivity contribution in [1.82, 2.24) is 0 Å². The Balaban J connectivity index is 0.000000218. The molecule has 3 aromatic carbocycles. The molecule has 0 radical (unpaired) electrons. The molecule has 0 aliphatic carbocycles. The number of carbonyl (C=O) groups is 2. The lowest BCUT2D eigenvalue weighted by atomic mass is 10.1. The number of para-hydroxylation sites is 2. The van der Waals surface area contributed by atoms with E-state index in [9.17, 15) is 18.0 Å². The van der Waals surface area contributed by atoms with Gasteiger partial charge in [0.2, 0.25) is 0 Å². The Hall–Kier alpha value is -4.37. The Morgan fingerprint density at radius 1 is 0.854 bits per heavy atom. The molecule has 3 aromatic rings. The largest absolute Gasteiger partial charge is 0.466 e. The lowest BCUT2D eigenvalue weighted by Gasteiger charge is -2.24. The first kappa shape index (κ1) is 29.6. The van der Waals surface area contributed by atoms with Gasteiger partial charge in [0.25, 0.3) is 10.0 Å². The van der Waals surface area contributed by atoms with Gasteiger partial charge in [-0.05, 0) is 74.2 Å². The van der Waals surface area contributed by atoms with Crippen molar-refractivity contribution in [2.24, 2.45) is 0 Å². The molecule has 0 bridgehead atoms. The SMILES string of the molecule is CCOC(=O)C1=Cc2ccccc2N(S(=O)(=O)c2ccc(C)cc2)CC1.COC(=O)C1=Cc2ccccc2NCC1. The first-order valence-electron chi connectivity index (χ1n) is 13.4. The molecular formula is C32H34N2O6S. The van der Waals surface area contributed by atoms with Crippen LogP contribution in [-0.2, 0) is 29.1 Å². The summed E-state index contributed by atoms with van der Waals surface area (Å²) in [5.74, 6) is -0.648. The number of anilines is 2. The molecule has 0 fully saturated rings. The standard InChI is InChI=1S/C20H21NO4S.C12H13NO2/c1-3-25-20(22)17-12-13-21(19-7-5-4-6-16(19)14-17)26(23,24)18-10-8-15(2)9-11-18;1-15-12(14)10-6-7-13-11-5-3-2-4-9(11)8-10/h4-11,14H,3,12-13H2,1-2H3;2-5,8,13H,6-7H2,1H3. The van der Waals surface area contributed by atoms with Gasteiger partial charge in [-0.3, -0.25) is 4.31 Å². The first-order valence-corrected chi connectivity index (χ1v) is 14.9. The Bertz CT molecular complexity index is 1580. The normalized spacial score (nSPS) is 14.3. The van der Waals surface area contributed by atoms with Crippen LogP contribution in [0.3, 0.4) is 0 Å². The molecule has 5 rings (SSSR count). The smallest absolute Gasteiger partial charge is 0.334 e. The third-order valence-electron chi connectivity index (χ3n) is 6.71. The predicted molar refractivity (Wildman–Crippen MR) is 161 cm³/mol. The summed E-state index contributed by atoms with van der Waals surface area (Å²) in [5.41, 5.74) is 5.53. The number of nitrogens with one attached hydrogen (secondary N) is 1. The van der Waals surface area contributed by atoms with Crippen LogP contribution in [0.5, 0.6) is 0 Å². The van der Waals surface area contributed by atoms with Crippen molar-refractivity contribution in [3.05, 3.63) is 101 Å². The molecule has 8 nitrogen and oxygen atoms in total. The number of aryl methyl sites for hydroxylation is 1. The zero-order valence-corrected chi connectivity index (χ0v) is 24.2. The zero-order valence-electron chi connectivity index (χ0n) is 23.4. The monoisotopic (exact) mass is 574 g/mol. The predicted octanol–water partition coefficient (Wildman–Crippen LogP) is 5.60. The number of sulfonamides is 1. The number of methoxy groups -OCH3 is 1. The summed E-state index contributed by atoms with van der Waals surface area (Å²) in [5, 5.41) is 3.27. The molecule has 41 heavy (non-hydrogen) atoms. The van der Waals surface area contributed by atoms with Gasteiger partial charge in [0.1, 0.15) is 0 Å². The summed E-state index contributed by atoms with van der Waals surface area (Å²) in [6.07, 6.45) is 4.60. The molecule has 2 heterocycles. The van der Waals surface area contributed by atoms with Gasteiger partial charge in [0, 0.05) is 29.9 Å². The lowest BCUT2D eigenvalue weighted by Crippen LogP contribution is -2.32. The Morgan fingerprint density at radius 3 is 2.20 bits per heavy atom. The fraction of sp³-hybridized carbons (Fsp3) is 0.250. The first-order chi connectivity index (χ1) is 19.7. The van der Waals surface area contributed by atoms with E-state index in [1.807, 2.05) is 43.3 Å². The van der Waals surface area contributed by atoms with Crippen molar-refractivity contribution in [3.63, 3.8) is 0 Å². The number of rotatable bonds is 5. The van der Waals surface area contributed by atoms with Gasteiger partial charge in [-0.15, -0.1) is 0 Å². The van der Waals surface area contributed by atoms with E-state index in [0.717, 1.165) is 28.9 Å². The third kappa shape index (κ3) is 7.05. The highest BCUT2D eigenvalue weighted by atomic mass is 32.2. The van der Waals surface area contributed by atoms with E-state index in [0.29, 0.717) is 29.7 Å². The summed E-state index contributed by atoms with van der Waals surface area (Å²) < 4.78 is 37.6. The van der Waals surface area contributed by atoms with Crippen LogP contribution in [0.1, 0.15) is 36.5 Å². The molecule has 214 valence electrons. The highest BCUT2D eigenvalue weighted by Crippen LogP contribution is 2.32. The molecule has 1 N–H and O–H groups in total. The van der Waals surface area contributed by atoms with E-state index >= 15 is 0 Å². The van der Waals surface area contributed by atoms with E-state index in [-0.39, 0.29) is 24.0 Å². The van der Waals surface area contributed by atoms with Crippen LogP contribution >= 0.6 is 0 Å². The van der Waals surface area contributed by atoms with Crippen LogP contribution in [0.2, 0.25) is 0 Å². The second-order valence-corrected chi connectivity index (χ2v) is 11.4. The van der Waals surface area contributed by atoms with Crippen molar-refractivity contribution in [2.75, 3.05) is 36.4 Å². The van der Waals surface area contributed by atoms with E-state index in [1.165, 1.54) is 11.4 Å². The molecular weight excluding hydrogens is 540 g/mol. The molecule has 9 heteroatoms. The van der Waals surface area contributed by atoms with Crippen LogP contribution in [-0.4, -0.2) is 47.2 Å². The highest BCUT2D eigenvalue weighted by Gasteiger charge is 2.29. The summed E-state index contributed by atoms with van der Waals surface area (Å²) >= 11 is 0. The second-order valence-electron chi connectivity index (χ2n) is 9.51.